The van der Waals surface area contributed by atoms with Gasteiger partial charge in [-0.1, -0.05) is 52.9 Å². The fraction of sp³-hybridized carbons (Fsp3) is 0.600. The molecule has 1 aliphatic heterocycles. The highest BCUT2D eigenvalue weighted by Crippen LogP contribution is 2.27. The molecule has 1 aliphatic rings. The lowest BCUT2D eigenvalue weighted by Crippen LogP contribution is -2.41. The molecule has 100 valence electrons. The first-order valence-corrected chi connectivity index (χ1v) is 8.19. The highest BCUT2D eigenvalue weighted by Gasteiger charge is 2.32. The van der Waals surface area contributed by atoms with Gasteiger partial charge in [-0.25, -0.2) is 0 Å². The van der Waals surface area contributed by atoms with Gasteiger partial charge in [-0.2, -0.15) is 0 Å². The van der Waals surface area contributed by atoms with Crippen molar-refractivity contribution < 1.29 is 9.47 Å². The highest BCUT2D eigenvalue weighted by atomic mass is 127. The summed E-state index contributed by atoms with van der Waals surface area (Å²) in [6.07, 6.45) is 4.29. The fourth-order valence-electron chi connectivity index (χ4n) is 2.27. The summed E-state index contributed by atoms with van der Waals surface area (Å²) >= 11 is 2.44. The molecule has 18 heavy (non-hydrogen) atoms. The van der Waals surface area contributed by atoms with Gasteiger partial charge < -0.3 is 9.47 Å². The zero-order chi connectivity index (χ0) is 12.7. The Labute approximate surface area is 123 Å². The van der Waals surface area contributed by atoms with Crippen molar-refractivity contribution in [1.82, 2.24) is 0 Å². The third kappa shape index (κ3) is 4.21. The van der Waals surface area contributed by atoms with Gasteiger partial charge in [0, 0.05) is 37.1 Å². The minimum Gasteiger partial charge on any atom is -0.381 e. The largest absolute Gasteiger partial charge is 0.381 e. The van der Waals surface area contributed by atoms with Gasteiger partial charge in [0.1, 0.15) is 0 Å². The van der Waals surface area contributed by atoms with E-state index in [1.165, 1.54) is 5.56 Å². The molecule has 0 aromatic heterocycles. The van der Waals surface area contributed by atoms with Crippen molar-refractivity contribution in [2.75, 3.05) is 24.2 Å². The number of hydrogen-bond donors (Lipinski definition) is 0. The van der Waals surface area contributed by atoms with Crippen LogP contribution in [0.3, 0.4) is 0 Å². The Hall–Kier alpha value is -0.130. The quantitative estimate of drug-likeness (QED) is 0.438. The summed E-state index contributed by atoms with van der Waals surface area (Å²) in [5.41, 5.74) is 1.48. The molecule has 0 atom stereocenters. The van der Waals surface area contributed by atoms with E-state index in [1.54, 1.807) is 0 Å². The highest BCUT2D eigenvalue weighted by molar-refractivity contribution is 14.1. The van der Waals surface area contributed by atoms with Crippen LogP contribution in [0.25, 0.3) is 0 Å². The predicted molar refractivity (Wildman–Crippen MR) is 82.4 cm³/mol. The molecule has 2 rings (SSSR count). The molecular weight excluding hydrogens is 339 g/mol. The Morgan fingerprint density at radius 1 is 1.17 bits per heavy atom. The smallest absolute Gasteiger partial charge is 0.0815 e. The van der Waals surface area contributed by atoms with E-state index in [-0.39, 0.29) is 5.60 Å². The number of rotatable bonds is 6. The Morgan fingerprint density at radius 2 is 1.89 bits per heavy atom. The second-order valence-corrected chi connectivity index (χ2v) is 5.63. The van der Waals surface area contributed by atoms with Crippen molar-refractivity contribution in [2.24, 2.45) is 0 Å². The maximum Gasteiger partial charge on any atom is 0.0815 e. The molecule has 0 radical (unpaired) electrons. The molecule has 0 unspecified atom stereocenters. The monoisotopic (exact) mass is 360 g/mol. The Bertz CT molecular complexity index is 334. The number of halogens is 1. The van der Waals surface area contributed by atoms with Crippen LogP contribution in [0.4, 0.5) is 0 Å². The minimum absolute atomic E-state index is 0.0789. The van der Waals surface area contributed by atoms with Crippen LogP contribution in [0.5, 0.6) is 0 Å². The molecule has 0 aliphatic carbocycles. The van der Waals surface area contributed by atoms with Crippen LogP contribution in [0, 0.1) is 0 Å². The van der Waals surface area contributed by atoms with E-state index < -0.39 is 0 Å². The van der Waals surface area contributed by atoms with E-state index >= 15 is 0 Å². The van der Waals surface area contributed by atoms with Gasteiger partial charge in [0.25, 0.3) is 0 Å². The summed E-state index contributed by atoms with van der Waals surface area (Å²) in [6.45, 7) is 2.56. The SMILES string of the molecule is ICC1(OCCCc2ccccc2)CCOCC1. The maximum absolute atomic E-state index is 6.15. The van der Waals surface area contributed by atoms with Crippen LogP contribution in [0.2, 0.25) is 0 Å². The molecule has 1 fully saturated rings. The van der Waals surface area contributed by atoms with Crippen LogP contribution in [0.1, 0.15) is 24.8 Å². The molecule has 0 bridgehead atoms. The molecule has 0 N–H and O–H groups in total. The average molecular weight is 360 g/mol. The first kappa shape index (κ1) is 14.3. The van der Waals surface area contributed by atoms with Crippen molar-refractivity contribution in [3.05, 3.63) is 35.9 Å². The van der Waals surface area contributed by atoms with Crippen molar-refractivity contribution in [2.45, 2.75) is 31.3 Å². The van der Waals surface area contributed by atoms with Crippen molar-refractivity contribution in [3.63, 3.8) is 0 Å². The van der Waals surface area contributed by atoms with Crippen LogP contribution < -0.4 is 0 Å². The zero-order valence-corrected chi connectivity index (χ0v) is 12.9. The molecule has 0 spiro atoms. The minimum atomic E-state index is 0.0789. The van der Waals surface area contributed by atoms with Crippen LogP contribution in [-0.4, -0.2) is 29.8 Å². The second-order valence-electron chi connectivity index (χ2n) is 4.87. The number of benzene rings is 1. The first-order valence-electron chi connectivity index (χ1n) is 6.66. The molecule has 1 aromatic carbocycles. The van der Waals surface area contributed by atoms with Gasteiger partial charge in [0.05, 0.1) is 5.60 Å². The molecule has 1 aromatic rings. The Morgan fingerprint density at radius 3 is 2.56 bits per heavy atom. The lowest BCUT2D eigenvalue weighted by Gasteiger charge is -2.35. The average Bonchev–Trinajstić information content (AvgIpc) is 2.46. The predicted octanol–water partition coefficient (Wildman–Crippen LogP) is 3.62. The van der Waals surface area contributed by atoms with E-state index in [2.05, 4.69) is 52.9 Å². The molecular formula is C15H21IO2. The van der Waals surface area contributed by atoms with E-state index in [9.17, 15) is 0 Å². The van der Waals surface area contributed by atoms with Crippen LogP contribution in [0.15, 0.2) is 30.3 Å². The third-order valence-corrected chi connectivity index (χ3v) is 4.90. The van der Waals surface area contributed by atoms with E-state index in [4.69, 9.17) is 9.47 Å². The Balaban J connectivity index is 1.71. The van der Waals surface area contributed by atoms with E-state index in [0.717, 1.165) is 49.9 Å². The van der Waals surface area contributed by atoms with Gasteiger partial charge in [-0.15, -0.1) is 0 Å². The van der Waals surface area contributed by atoms with Crippen molar-refractivity contribution >= 4 is 22.6 Å². The molecule has 3 heteroatoms. The van der Waals surface area contributed by atoms with Crippen LogP contribution in [-0.2, 0) is 15.9 Å². The summed E-state index contributed by atoms with van der Waals surface area (Å²) in [6, 6.07) is 10.6. The molecule has 1 heterocycles. The van der Waals surface area contributed by atoms with Gasteiger partial charge in [-0.05, 0) is 18.4 Å². The number of ether oxygens (including phenoxy) is 2. The fourth-order valence-corrected chi connectivity index (χ4v) is 3.25. The normalized spacial score (nSPS) is 18.7. The maximum atomic E-state index is 6.15. The van der Waals surface area contributed by atoms with Gasteiger partial charge in [0.15, 0.2) is 0 Å². The molecule has 0 saturated carbocycles. The summed E-state index contributed by atoms with van der Waals surface area (Å²) in [4.78, 5) is 0. The Kier molecular flexibility index (Phi) is 5.92. The summed E-state index contributed by atoms with van der Waals surface area (Å²) in [5.74, 6) is 0. The molecule has 2 nitrogen and oxygen atoms in total. The summed E-state index contributed by atoms with van der Waals surface area (Å²) < 4.78 is 12.6. The summed E-state index contributed by atoms with van der Waals surface area (Å²) in [7, 11) is 0. The number of alkyl halides is 1. The van der Waals surface area contributed by atoms with Crippen molar-refractivity contribution in [3.8, 4) is 0 Å². The standard InChI is InChI=1S/C15H21IO2/c16-13-15(8-11-17-12-9-15)18-10-4-7-14-5-2-1-3-6-14/h1-3,5-6H,4,7-13H2. The topological polar surface area (TPSA) is 18.5 Å². The summed E-state index contributed by atoms with van der Waals surface area (Å²) in [5, 5.41) is 0. The number of hydrogen-bond acceptors (Lipinski definition) is 2. The van der Waals surface area contributed by atoms with Crippen LogP contribution >= 0.6 is 22.6 Å². The molecule has 1 saturated heterocycles. The van der Waals surface area contributed by atoms with E-state index in [0.29, 0.717) is 0 Å². The van der Waals surface area contributed by atoms with Gasteiger partial charge >= 0.3 is 0 Å². The van der Waals surface area contributed by atoms with Gasteiger partial charge in [0.2, 0.25) is 0 Å². The molecule has 0 amide bonds. The zero-order valence-electron chi connectivity index (χ0n) is 10.7. The lowest BCUT2D eigenvalue weighted by atomic mass is 9.96. The third-order valence-electron chi connectivity index (χ3n) is 3.51. The van der Waals surface area contributed by atoms with Crippen molar-refractivity contribution in [1.29, 1.82) is 0 Å². The lowest BCUT2D eigenvalue weighted by molar-refractivity contribution is -0.0945. The number of aryl methyl sites for hydroxylation is 1. The second kappa shape index (κ2) is 7.46. The van der Waals surface area contributed by atoms with E-state index in [1.807, 2.05) is 0 Å². The first-order chi connectivity index (χ1) is 8.85. The van der Waals surface area contributed by atoms with Gasteiger partial charge in [-0.3, -0.25) is 0 Å².